The molecule has 1 atom stereocenters. The van der Waals surface area contributed by atoms with Gasteiger partial charge in [-0.1, -0.05) is 0 Å². The topological polar surface area (TPSA) is 85.6 Å². The Bertz CT molecular complexity index is 854. The van der Waals surface area contributed by atoms with E-state index in [0.717, 1.165) is 17.4 Å². The first kappa shape index (κ1) is 29.2. The number of hydrogen-bond donors (Lipinski definition) is 2. The molecule has 8 heteroatoms. The van der Waals surface area contributed by atoms with Crippen LogP contribution in [-0.2, 0) is 28.4 Å². The second-order valence-corrected chi connectivity index (χ2v) is 7.45. The number of nitrogens with one attached hydrogen (secondary N) is 1. The number of nitrogens with zero attached hydrogens (tertiary/aromatic N) is 2. The zero-order valence-electron chi connectivity index (χ0n) is 19.9. The molecule has 1 heterocycles. The van der Waals surface area contributed by atoms with Gasteiger partial charge in [0.25, 0.3) is 0 Å². The Morgan fingerprint density at radius 1 is 1.00 bits per heavy atom. The van der Waals surface area contributed by atoms with E-state index in [-0.39, 0.29) is 30.2 Å². The number of hydrogen-bond acceptors (Lipinski definition) is 6. The Morgan fingerprint density at radius 2 is 1.63 bits per heavy atom. The fraction of sp³-hybridized carbons (Fsp3) is 0.259. The number of aliphatic hydroxyl groups is 1. The number of aliphatic hydroxyl groups excluding tert-OH is 1. The zero-order valence-corrected chi connectivity index (χ0v) is 21.0. The third-order valence-corrected chi connectivity index (χ3v) is 4.87. The summed E-state index contributed by atoms with van der Waals surface area (Å²) in [5, 5.41) is 18.2. The Kier molecular flexibility index (Phi) is 13.2. The molecule has 10 radical (unpaired) electrons. The average Bonchev–Trinajstić information content (AvgIpc) is 3.63. The van der Waals surface area contributed by atoms with Gasteiger partial charge in [0.15, 0.2) is 0 Å². The van der Waals surface area contributed by atoms with Crippen LogP contribution < -0.4 is 10.1 Å². The molecule has 0 saturated heterocycles. The number of aromatic nitrogens is 2. The second kappa shape index (κ2) is 15.9. The predicted molar refractivity (Wildman–Crippen MR) is 131 cm³/mol. The van der Waals surface area contributed by atoms with E-state index < -0.39 is 12.1 Å². The summed E-state index contributed by atoms with van der Waals surface area (Å²) in [7, 11) is 0. The monoisotopic (exact) mass is 517 g/mol. The summed E-state index contributed by atoms with van der Waals surface area (Å²) in [6.45, 7) is 5.06. The van der Waals surface area contributed by atoms with E-state index in [9.17, 15) is 9.90 Å². The second-order valence-electron chi connectivity index (χ2n) is 7.45. The van der Waals surface area contributed by atoms with Gasteiger partial charge in [0.05, 0.1) is 31.6 Å². The molecule has 2 N–H and O–H groups in total. The summed E-state index contributed by atoms with van der Waals surface area (Å²) in [4.78, 5) is 12.3. The van der Waals surface area contributed by atoms with Crippen LogP contribution in [0, 0.1) is 63.7 Å². The van der Waals surface area contributed by atoms with Crippen molar-refractivity contribution in [3.63, 3.8) is 0 Å². The third kappa shape index (κ3) is 9.51. The van der Waals surface area contributed by atoms with Gasteiger partial charge >= 0.3 is 23.0 Å². The Balaban J connectivity index is 0.000000640. The average molecular weight is 517 g/mol. The van der Waals surface area contributed by atoms with E-state index in [4.69, 9.17) is 9.47 Å². The van der Waals surface area contributed by atoms with E-state index >= 15 is 0 Å². The van der Waals surface area contributed by atoms with Crippen LogP contribution in [0.1, 0.15) is 30.0 Å². The van der Waals surface area contributed by atoms with Crippen LogP contribution in [0.3, 0.4) is 0 Å². The molecule has 1 aromatic carbocycles. The molecule has 0 bridgehead atoms. The first-order valence-electron chi connectivity index (χ1n) is 11.4. The maximum atomic E-state index is 12.3. The number of carbonyl (C=O) groups excluding carboxylic acids is 1. The summed E-state index contributed by atoms with van der Waals surface area (Å²) >= 11 is 0. The SMILES string of the molecule is CCOC(=O)c1cc([C]2[CH][CH][CH][CH]2)nn1C[C@H](O)CNc1ccc(OCC)cc1.[CH]1[CH][CH][CH][CH]1.[Fe+2]. The van der Waals surface area contributed by atoms with E-state index in [2.05, 4.69) is 10.4 Å². The largest absolute Gasteiger partial charge is 2.00 e. The van der Waals surface area contributed by atoms with Crippen LogP contribution in [0.5, 0.6) is 5.75 Å². The number of esters is 1. The van der Waals surface area contributed by atoms with Crippen LogP contribution in [0.2, 0.25) is 0 Å². The molecule has 4 rings (SSSR count). The smallest absolute Gasteiger partial charge is 0.494 e. The fourth-order valence-corrected chi connectivity index (χ4v) is 3.27. The van der Waals surface area contributed by atoms with Gasteiger partial charge in [-0.25, -0.2) is 4.79 Å². The summed E-state index contributed by atoms with van der Waals surface area (Å²) in [5.74, 6) is 1.26. The number of anilines is 1. The molecule has 0 amide bonds. The molecule has 35 heavy (non-hydrogen) atoms. The zero-order chi connectivity index (χ0) is 24.2. The molecular weight excluding hydrogens is 486 g/mol. The Hall–Kier alpha value is -2.02. The first-order valence-corrected chi connectivity index (χ1v) is 11.4. The summed E-state index contributed by atoms with van der Waals surface area (Å²) in [6, 6.07) is 9.22. The van der Waals surface area contributed by atoms with Crippen molar-refractivity contribution in [2.24, 2.45) is 0 Å². The minimum Gasteiger partial charge on any atom is -0.494 e. The normalized spacial score (nSPS) is 16.1. The predicted octanol–water partition coefficient (Wildman–Crippen LogP) is 3.70. The quantitative estimate of drug-likeness (QED) is 0.370. The molecule has 2 aromatic rings. The van der Waals surface area contributed by atoms with Gasteiger partial charge in [-0.15, -0.1) is 0 Å². The van der Waals surface area contributed by atoms with Crippen molar-refractivity contribution in [3.05, 3.63) is 105 Å². The molecule has 2 aliphatic carbocycles. The summed E-state index contributed by atoms with van der Waals surface area (Å²) < 4.78 is 12.1. The van der Waals surface area contributed by atoms with Gasteiger partial charge in [0.2, 0.25) is 0 Å². The van der Waals surface area contributed by atoms with E-state index in [1.807, 2.05) is 89.0 Å². The van der Waals surface area contributed by atoms with Crippen molar-refractivity contribution < 1.29 is 36.4 Å². The minimum atomic E-state index is -0.748. The molecule has 2 fully saturated rings. The van der Waals surface area contributed by atoms with E-state index in [1.54, 1.807) is 13.0 Å². The van der Waals surface area contributed by atoms with Crippen molar-refractivity contribution in [1.82, 2.24) is 9.78 Å². The number of carbonyl (C=O) groups is 1. The van der Waals surface area contributed by atoms with E-state index in [1.165, 1.54) is 4.68 Å². The molecule has 2 saturated carbocycles. The third-order valence-electron chi connectivity index (χ3n) is 4.87. The standard InChI is InChI=1S/C22H26N3O4.C5H5.Fe/c1-3-28-19-11-9-17(10-12-19)23-14-18(26)15-25-21(22(27)29-4-2)13-20(24-25)16-7-5-6-8-16;1-2-4-5-3-1;/h5-13,18,23,26H,3-4,14-15H2,1-2H3;1-5H;/q;;+2/t18-;;/m1../s1. The van der Waals surface area contributed by atoms with Crippen LogP contribution >= 0.6 is 0 Å². The van der Waals surface area contributed by atoms with Gasteiger partial charge in [-0.3, -0.25) is 4.68 Å². The Morgan fingerprint density at radius 3 is 2.20 bits per heavy atom. The number of benzene rings is 1. The van der Waals surface area contributed by atoms with Crippen LogP contribution in [0.4, 0.5) is 5.69 Å². The molecular formula is C27H31FeN3O4+2. The fourth-order valence-electron chi connectivity index (χ4n) is 3.27. The van der Waals surface area contributed by atoms with Gasteiger partial charge in [-0.2, -0.15) is 5.10 Å². The molecule has 7 nitrogen and oxygen atoms in total. The van der Waals surface area contributed by atoms with Gasteiger partial charge in [0.1, 0.15) is 11.4 Å². The molecule has 2 aliphatic rings. The van der Waals surface area contributed by atoms with Crippen LogP contribution in [0.25, 0.3) is 0 Å². The van der Waals surface area contributed by atoms with Gasteiger partial charge in [0, 0.05) is 18.2 Å². The summed E-state index contributed by atoms with van der Waals surface area (Å²) in [6.07, 6.45) is 16.9. The van der Waals surface area contributed by atoms with Gasteiger partial charge < -0.3 is 19.9 Å². The van der Waals surface area contributed by atoms with Crippen molar-refractivity contribution in [1.29, 1.82) is 0 Å². The van der Waals surface area contributed by atoms with Crippen molar-refractivity contribution >= 4 is 11.7 Å². The Labute approximate surface area is 220 Å². The number of rotatable bonds is 10. The van der Waals surface area contributed by atoms with Crippen LogP contribution in [-0.4, -0.2) is 46.7 Å². The van der Waals surface area contributed by atoms with Crippen molar-refractivity contribution in [2.75, 3.05) is 25.1 Å². The van der Waals surface area contributed by atoms with Crippen LogP contribution in [0.15, 0.2) is 30.3 Å². The molecule has 184 valence electrons. The maximum Gasteiger partial charge on any atom is 2.00 e. The molecule has 0 spiro atoms. The first-order chi connectivity index (χ1) is 16.6. The molecule has 0 unspecified atom stereocenters. The molecule has 1 aromatic heterocycles. The maximum absolute atomic E-state index is 12.3. The van der Waals surface area contributed by atoms with Crippen molar-refractivity contribution in [3.8, 4) is 5.75 Å². The van der Waals surface area contributed by atoms with Gasteiger partial charge in [-0.05, 0) is 102 Å². The number of ether oxygens (including phenoxy) is 2. The van der Waals surface area contributed by atoms with Crippen molar-refractivity contribution in [2.45, 2.75) is 26.5 Å². The molecule has 0 aliphatic heterocycles. The van der Waals surface area contributed by atoms with E-state index in [0.29, 0.717) is 24.5 Å². The minimum absolute atomic E-state index is 0. The summed E-state index contributed by atoms with van der Waals surface area (Å²) in [5.41, 5.74) is 1.86.